The summed E-state index contributed by atoms with van der Waals surface area (Å²) in [7, 11) is 0. The Balaban J connectivity index is 3.21. The smallest absolute Gasteiger partial charge is 0.0658 e. The second kappa shape index (κ2) is 4.05. The number of hydrogen-bond acceptors (Lipinski definition) is 1. The lowest BCUT2D eigenvalue weighted by Gasteiger charge is -2.07. The molecule has 1 aromatic heterocycles. The van der Waals surface area contributed by atoms with Crippen LogP contribution in [0.3, 0.4) is 0 Å². The van der Waals surface area contributed by atoms with E-state index in [4.69, 9.17) is 0 Å². The molecule has 64 valence electrons. The van der Waals surface area contributed by atoms with Gasteiger partial charge >= 0.3 is 0 Å². The van der Waals surface area contributed by atoms with E-state index in [-0.39, 0.29) is 0 Å². The van der Waals surface area contributed by atoms with Gasteiger partial charge in [-0.25, -0.2) is 0 Å². The van der Waals surface area contributed by atoms with Gasteiger partial charge < -0.3 is 0 Å². The monoisotopic (exact) mass is 161 g/mol. The van der Waals surface area contributed by atoms with Crippen molar-refractivity contribution in [3.63, 3.8) is 0 Å². The number of rotatable bonds is 3. The van der Waals surface area contributed by atoms with Gasteiger partial charge in [0.25, 0.3) is 0 Å². The number of hydrogen-bond donors (Lipinski definition) is 0. The van der Waals surface area contributed by atoms with Gasteiger partial charge in [0.15, 0.2) is 0 Å². The summed E-state index contributed by atoms with van der Waals surface area (Å²) >= 11 is 0. The molecular formula is C11H15N. The van der Waals surface area contributed by atoms with Gasteiger partial charge in [0.1, 0.15) is 0 Å². The van der Waals surface area contributed by atoms with Crippen LogP contribution in [0.25, 0.3) is 6.08 Å². The highest BCUT2D eigenvalue weighted by atomic mass is 14.7. The van der Waals surface area contributed by atoms with Crippen molar-refractivity contribution in [1.29, 1.82) is 0 Å². The Morgan fingerprint density at radius 3 is 2.67 bits per heavy atom. The van der Waals surface area contributed by atoms with E-state index in [9.17, 15) is 0 Å². The van der Waals surface area contributed by atoms with Crippen LogP contribution >= 0.6 is 0 Å². The van der Waals surface area contributed by atoms with Crippen LogP contribution in [-0.4, -0.2) is 4.98 Å². The lowest BCUT2D eigenvalue weighted by molar-refractivity contribution is 1.00. The van der Waals surface area contributed by atoms with Crippen molar-refractivity contribution < 1.29 is 0 Å². The molecule has 0 aromatic carbocycles. The maximum absolute atomic E-state index is 4.26. The van der Waals surface area contributed by atoms with Crippen LogP contribution in [-0.2, 0) is 12.8 Å². The lowest BCUT2D eigenvalue weighted by Crippen LogP contribution is -1.96. The van der Waals surface area contributed by atoms with Crippen molar-refractivity contribution in [2.45, 2.75) is 26.7 Å². The zero-order chi connectivity index (χ0) is 8.97. The average Bonchev–Trinajstić information content (AvgIpc) is 2.16. The van der Waals surface area contributed by atoms with Gasteiger partial charge in [0.2, 0.25) is 0 Å². The molecule has 0 aliphatic heterocycles. The lowest BCUT2D eigenvalue weighted by atomic mass is 10.0. The molecular weight excluding hydrogens is 146 g/mol. The summed E-state index contributed by atoms with van der Waals surface area (Å²) in [4.78, 5) is 4.26. The molecule has 1 aromatic rings. The number of aromatic nitrogens is 1. The van der Waals surface area contributed by atoms with Crippen molar-refractivity contribution in [1.82, 2.24) is 4.98 Å². The van der Waals surface area contributed by atoms with E-state index in [1.54, 1.807) is 0 Å². The molecule has 0 N–H and O–H groups in total. The van der Waals surface area contributed by atoms with Crippen LogP contribution in [0.1, 0.15) is 30.7 Å². The standard InChI is InChI=1S/C11H15N/c1-4-9-7-8-12-11(6-3)10(9)5-2/h6-8H,3-5H2,1-2H3. The molecule has 0 radical (unpaired) electrons. The topological polar surface area (TPSA) is 12.9 Å². The molecule has 1 heteroatoms. The molecule has 1 nitrogen and oxygen atoms in total. The highest BCUT2D eigenvalue weighted by Gasteiger charge is 2.02. The predicted molar refractivity (Wildman–Crippen MR) is 53.1 cm³/mol. The first-order valence-electron chi connectivity index (χ1n) is 4.42. The summed E-state index contributed by atoms with van der Waals surface area (Å²) < 4.78 is 0. The third kappa shape index (κ3) is 1.55. The zero-order valence-electron chi connectivity index (χ0n) is 7.80. The molecule has 0 amide bonds. The van der Waals surface area contributed by atoms with Crippen LogP contribution in [0, 0.1) is 0 Å². The zero-order valence-corrected chi connectivity index (χ0v) is 7.80. The van der Waals surface area contributed by atoms with Crippen LogP contribution in [0.4, 0.5) is 0 Å². The third-order valence-corrected chi connectivity index (χ3v) is 2.11. The number of nitrogens with zero attached hydrogens (tertiary/aromatic N) is 1. The van der Waals surface area contributed by atoms with Crippen LogP contribution in [0.15, 0.2) is 18.8 Å². The molecule has 0 saturated carbocycles. The molecule has 0 bridgehead atoms. The minimum atomic E-state index is 1.04. The molecule has 0 saturated heterocycles. The molecule has 0 fully saturated rings. The van der Waals surface area contributed by atoms with Crippen LogP contribution < -0.4 is 0 Å². The predicted octanol–water partition coefficient (Wildman–Crippen LogP) is 2.85. The second-order valence-electron chi connectivity index (χ2n) is 2.75. The van der Waals surface area contributed by atoms with Gasteiger partial charge in [-0.15, -0.1) is 0 Å². The van der Waals surface area contributed by atoms with Gasteiger partial charge in [0.05, 0.1) is 5.69 Å². The van der Waals surface area contributed by atoms with E-state index in [0.717, 1.165) is 18.5 Å². The van der Waals surface area contributed by atoms with Gasteiger partial charge in [-0.1, -0.05) is 20.4 Å². The summed E-state index contributed by atoms with van der Waals surface area (Å²) in [6.07, 6.45) is 5.80. The Bertz CT molecular complexity index is 276. The summed E-state index contributed by atoms with van der Waals surface area (Å²) in [5.74, 6) is 0. The summed E-state index contributed by atoms with van der Waals surface area (Å²) in [5, 5.41) is 0. The highest BCUT2D eigenvalue weighted by molar-refractivity contribution is 5.49. The molecule has 0 atom stereocenters. The van der Waals surface area contributed by atoms with E-state index >= 15 is 0 Å². The van der Waals surface area contributed by atoms with Crippen molar-refractivity contribution in [2.75, 3.05) is 0 Å². The fraction of sp³-hybridized carbons (Fsp3) is 0.364. The molecule has 0 aliphatic carbocycles. The van der Waals surface area contributed by atoms with E-state index in [1.165, 1.54) is 11.1 Å². The van der Waals surface area contributed by atoms with E-state index < -0.39 is 0 Å². The second-order valence-corrected chi connectivity index (χ2v) is 2.75. The van der Waals surface area contributed by atoms with Crippen LogP contribution in [0.5, 0.6) is 0 Å². The minimum absolute atomic E-state index is 1.04. The normalized spacial score (nSPS) is 9.83. The Labute approximate surface area is 74.2 Å². The fourth-order valence-electron chi connectivity index (χ4n) is 1.47. The minimum Gasteiger partial charge on any atom is -0.257 e. The van der Waals surface area contributed by atoms with Crippen molar-refractivity contribution >= 4 is 6.08 Å². The molecule has 0 aliphatic rings. The average molecular weight is 161 g/mol. The Morgan fingerprint density at radius 1 is 1.42 bits per heavy atom. The van der Waals surface area contributed by atoms with E-state index in [2.05, 4.69) is 31.5 Å². The largest absolute Gasteiger partial charge is 0.257 e. The molecule has 0 spiro atoms. The van der Waals surface area contributed by atoms with Crippen molar-refractivity contribution in [3.05, 3.63) is 35.7 Å². The first-order valence-corrected chi connectivity index (χ1v) is 4.42. The quantitative estimate of drug-likeness (QED) is 0.664. The third-order valence-electron chi connectivity index (χ3n) is 2.11. The Hall–Kier alpha value is -1.11. The van der Waals surface area contributed by atoms with Gasteiger partial charge in [0, 0.05) is 6.20 Å². The molecule has 0 unspecified atom stereocenters. The first kappa shape index (κ1) is 8.98. The van der Waals surface area contributed by atoms with E-state index in [0.29, 0.717) is 0 Å². The van der Waals surface area contributed by atoms with Crippen molar-refractivity contribution in [2.24, 2.45) is 0 Å². The fourth-order valence-corrected chi connectivity index (χ4v) is 1.47. The van der Waals surface area contributed by atoms with Gasteiger partial charge in [-0.3, -0.25) is 4.98 Å². The Kier molecular flexibility index (Phi) is 3.03. The summed E-state index contributed by atoms with van der Waals surface area (Å²) in [5.41, 5.74) is 3.77. The highest BCUT2D eigenvalue weighted by Crippen LogP contribution is 2.14. The maximum atomic E-state index is 4.26. The van der Waals surface area contributed by atoms with Crippen molar-refractivity contribution in [3.8, 4) is 0 Å². The number of aryl methyl sites for hydroxylation is 1. The first-order chi connectivity index (χ1) is 5.83. The maximum Gasteiger partial charge on any atom is 0.0658 e. The SMILES string of the molecule is C=Cc1nccc(CC)c1CC. The molecule has 1 rings (SSSR count). The van der Waals surface area contributed by atoms with Crippen LogP contribution in [0.2, 0.25) is 0 Å². The summed E-state index contributed by atoms with van der Waals surface area (Å²) in [6, 6.07) is 2.09. The van der Waals surface area contributed by atoms with Gasteiger partial charge in [-0.2, -0.15) is 0 Å². The van der Waals surface area contributed by atoms with Gasteiger partial charge in [-0.05, 0) is 36.1 Å². The molecule has 12 heavy (non-hydrogen) atoms. The summed E-state index contributed by atoms with van der Waals surface area (Å²) in [6.45, 7) is 8.08. The molecule has 1 heterocycles. The Morgan fingerprint density at radius 2 is 2.17 bits per heavy atom. The number of pyridine rings is 1. The van der Waals surface area contributed by atoms with E-state index in [1.807, 2.05) is 12.3 Å².